The van der Waals surface area contributed by atoms with Gasteiger partial charge in [0.2, 0.25) is 11.8 Å². The lowest BCUT2D eigenvalue weighted by molar-refractivity contribution is -0.130. The predicted molar refractivity (Wildman–Crippen MR) is 129 cm³/mol. The molecule has 2 aromatic carbocycles. The monoisotopic (exact) mass is 467 g/mol. The first kappa shape index (κ1) is 26.6. The fourth-order valence-electron chi connectivity index (χ4n) is 3.39. The molecule has 8 nitrogen and oxygen atoms in total. The molecule has 0 aliphatic carbocycles. The number of hydrogen-bond acceptors (Lipinski definition) is 5. The van der Waals surface area contributed by atoms with Gasteiger partial charge < -0.3 is 20.7 Å². The minimum atomic E-state index is -0.775. The molecule has 0 aliphatic rings. The summed E-state index contributed by atoms with van der Waals surface area (Å²) in [6.07, 6.45) is 1.50. The summed E-state index contributed by atoms with van der Waals surface area (Å²) in [5.74, 6) is -0.882. The van der Waals surface area contributed by atoms with Crippen molar-refractivity contribution in [3.63, 3.8) is 0 Å². The van der Waals surface area contributed by atoms with Crippen molar-refractivity contribution < 1.29 is 23.9 Å². The van der Waals surface area contributed by atoms with Gasteiger partial charge in [0.15, 0.2) is 5.78 Å². The van der Waals surface area contributed by atoms with Crippen LogP contribution >= 0.6 is 0 Å². The van der Waals surface area contributed by atoms with E-state index in [1.807, 2.05) is 60.7 Å². The van der Waals surface area contributed by atoms with E-state index in [9.17, 15) is 19.2 Å². The molecule has 0 aliphatic heterocycles. The number of ketones is 1. The van der Waals surface area contributed by atoms with Gasteiger partial charge in [-0.2, -0.15) is 0 Å². The average Bonchev–Trinajstić information content (AvgIpc) is 2.82. The zero-order valence-electron chi connectivity index (χ0n) is 19.7. The maximum atomic E-state index is 12.8. The molecule has 8 heteroatoms. The summed E-state index contributed by atoms with van der Waals surface area (Å²) in [5.41, 5.74) is 1.81. The number of ether oxygens (including phenoxy) is 1. The summed E-state index contributed by atoms with van der Waals surface area (Å²) in [6, 6.07) is 17.3. The standard InChI is InChI=1S/C26H33N3O5/c1-19(30)23(15-9-10-16-27-26(33)34-18-22-13-7-4-8-14-22)29-25(32)24(28-20(2)31)17-21-11-5-3-6-12-21/h3-8,11-14,23-24H,9-10,15-18H2,1-2H3,(H,27,33)(H,28,31)(H,29,32)/t23?,24-/m1/s1. The summed E-state index contributed by atoms with van der Waals surface area (Å²) in [5, 5.41) is 8.11. The smallest absolute Gasteiger partial charge is 0.407 e. The molecule has 3 N–H and O–H groups in total. The van der Waals surface area contributed by atoms with Crippen molar-refractivity contribution in [3.05, 3.63) is 71.8 Å². The van der Waals surface area contributed by atoms with Gasteiger partial charge in [0, 0.05) is 19.9 Å². The number of Topliss-reactive ketones (excluding diaryl/α,β-unsaturated/α-hetero) is 1. The highest BCUT2D eigenvalue weighted by Gasteiger charge is 2.24. The molecular weight excluding hydrogens is 434 g/mol. The summed E-state index contributed by atoms with van der Waals surface area (Å²) in [6.45, 7) is 3.37. The molecule has 0 aromatic heterocycles. The van der Waals surface area contributed by atoms with Crippen molar-refractivity contribution in [3.8, 4) is 0 Å². The van der Waals surface area contributed by atoms with Crippen molar-refractivity contribution in [1.29, 1.82) is 0 Å². The highest BCUT2D eigenvalue weighted by atomic mass is 16.5. The number of alkyl carbamates (subject to hydrolysis) is 1. The van der Waals surface area contributed by atoms with Crippen LogP contribution in [0, 0.1) is 0 Å². The van der Waals surface area contributed by atoms with Crippen LogP contribution in [-0.2, 0) is 32.1 Å². The van der Waals surface area contributed by atoms with Crippen LogP contribution in [0.1, 0.15) is 44.2 Å². The second-order valence-electron chi connectivity index (χ2n) is 8.10. The molecule has 2 rings (SSSR count). The Bertz CT molecular complexity index is 934. The number of rotatable bonds is 13. The highest BCUT2D eigenvalue weighted by Crippen LogP contribution is 2.07. The Kier molecular flexibility index (Phi) is 11.3. The van der Waals surface area contributed by atoms with Crippen LogP contribution in [0.2, 0.25) is 0 Å². The molecule has 0 fully saturated rings. The first-order valence-corrected chi connectivity index (χ1v) is 11.4. The average molecular weight is 468 g/mol. The largest absolute Gasteiger partial charge is 0.445 e. The Labute approximate surface area is 200 Å². The van der Waals surface area contributed by atoms with Crippen molar-refractivity contribution in [2.75, 3.05) is 6.54 Å². The Balaban J connectivity index is 1.75. The Morgan fingerprint density at radius 3 is 2.00 bits per heavy atom. The minimum absolute atomic E-state index is 0.162. The molecule has 3 amide bonds. The van der Waals surface area contributed by atoms with Crippen molar-refractivity contribution in [2.45, 2.75) is 58.2 Å². The van der Waals surface area contributed by atoms with Crippen LogP contribution in [0.25, 0.3) is 0 Å². The van der Waals surface area contributed by atoms with E-state index in [0.29, 0.717) is 32.2 Å². The third-order valence-corrected chi connectivity index (χ3v) is 5.19. The quantitative estimate of drug-likeness (QED) is 0.392. The van der Waals surface area contributed by atoms with E-state index in [2.05, 4.69) is 16.0 Å². The van der Waals surface area contributed by atoms with Gasteiger partial charge in [0.25, 0.3) is 0 Å². The Morgan fingerprint density at radius 1 is 0.794 bits per heavy atom. The van der Waals surface area contributed by atoms with E-state index in [4.69, 9.17) is 4.74 Å². The van der Waals surface area contributed by atoms with Gasteiger partial charge in [0.1, 0.15) is 12.6 Å². The first-order chi connectivity index (χ1) is 16.3. The van der Waals surface area contributed by atoms with Gasteiger partial charge in [-0.25, -0.2) is 4.79 Å². The Hall–Kier alpha value is -3.68. The van der Waals surface area contributed by atoms with Crippen molar-refractivity contribution in [2.24, 2.45) is 0 Å². The molecule has 0 radical (unpaired) electrons. The van der Waals surface area contributed by atoms with E-state index in [1.165, 1.54) is 13.8 Å². The first-order valence-electron chi connectivity index (χ1n) is 11.4. The number of benzene rings is 2. The van der Waals surface area contributed by atoms with Crippen LogP contribution < -0.4 is 16.0 Å². The van der Waals surface area contributed by atoms with Crippen LogP contribution in [-0.4, -0.2) is 42.3 Å². The summed E-state index contributed by atoms with van der Waals surface area (Å²) in [7, 11) is 0. The lowest BCUT2D eigenvalue weighted by Crippen LogP contribution is -2.51. The van der Waals surface area contributed by atoms with Crippen LogP contribution in [0.3, 0.4) is 0 Å². The summed E-state index contributed by atoms with van der Waals surface area (Å²) in [4.78, 5) is 48.3. The molecule has 182 valence electrons. The lowest BCUT2D eigenvalue weighted by Gasteiger charge is -2.22. The van der Waals surface area contributed by atoms with E-state index in [0.717, 1.165) is 11.1 Å². The van der Waals surface area contributed by atoms with Gasteiger partial charge in [-0.3, -0.25) is 14.4 Å². The van der Waals surface area contributed by atoms with Crippen LogP contribution in [0.5, 0.6) is 0 Å². The number of hydrogen-bond donors (Lipinski definition) is 3. The molecule has 34 heavy (non-hydrogen) atoms. The normalized spacial score (nSPS) is 12.2. The molecule has 0 saturated carbocycles. The molecule has 0 spiro atoms. The molecular formula is C26H33N3O5. The fourth-order valence-corrected chi connectivity index (χ4v) is 3.39. The molecule has 0 saturated heterocycles. The molecule has 0 bridgehead atoms. The fraction of sp³-hybridized carbons (Fsp3) is 0.385. The van der Waals surface area contributed by atoms with Crippen molar-refractivity contribution in [1.82, 2.24) is 16.0 Å². The van der Waals surface area contributed by atoms with E-state index in [1.54, 1.807) is 0 Å². The number of amides is 3. The highest BCUT2D eigenvalue weighted by molar-refractivity contribution is 5.91. The van der Waals surface area contributed by atoms with Gasteiger partial charge in [-0.15, -0.1) is 0 Å². The second-order valence-corrected chi connectivity index (χ2v) is 8.10. The van der Waals surface area contributed by atoms with Crippen molar-refractivity contribution >= 4 is 23.7 Å². The zero-order chi connectivity index (χ0) is 24.8. The summed E-state index contributed by atoms with van der Waals surface area (Å²) >= 11 is 0. The maximum Gasteiger partial charge on any atom is 0.407 e. The van der Waals surface area contributed by atoms with Crippen LogP contribution in [0.4, 0.5) is 4.79 Å². The van der Waals surface area contributed by atoms with E-state index >= 15 is 0 Å². The molecule has 2 atom stereocenters. The Morgan fingerprint density at radius 2 is 1.41 bits per heavy atom. The zero-order valence-corrected chi connectivity index (χ0v) is 19.7. The number of nitrogens with one attached hydrogen (secondary N) is 3. The topological polar surface area (TPSA) is 114 Å². The maximum absolute atomic E-state index is 12.8. The van der Waals surface area contributed by atoms with Gasteiger partial charge in [0.05, 0.1) is 6.04 Å². The second kappa shape index (κ2) is 14.5. The molecule has 0 heterocycles. The third-order valence-electron chi connectivity index (χ3n) is 5.19. The van der Waals surface area contributed by atoms with Gasteiger partial charge in [-0.05, 0) is 37.3 Å². The summed E-state index contributed by atoms with van der Waals surface area (Å²) < 4.78 is 5.16. The lowest BCUT2D eigenvalue weighted by atomic mass is 10.0. The number of carbonyl (C=O) groups is 4. The number of carbonyl (C=O) groups excluding carboxylic acids is 4. The molecule has 1 unspecified atom stereocenters. The van der Waals surface area contributed by atoms with Crippen LogP contribution in [0.15, 0.2) is 60.7 Å². The van der Waals surface area contributed by atoms with E-state index < -0.39 is 24.1 Å². The predicted octanol–water partition coefficient (Wildman–Crippen LogP) is 2.90. The third kappa shape index (κ3) is 10.3. The SMILES string of the molecule is CC(=O)N[C@H](Cc1ccccc1)C(=O)NC(CCCCNC(=O)OCc1ccccc1)C(C)=O. The van der Waals surface area contributed by atoms with E-state index in [-0.39, 0.29) is 18.3 Å². The van der Waals surface area contributed by atoms with Gasteiger partial charge >= 0.3 is 6.09 Å². The number of unbranched alkanes of at least 4 members (excludes halogenated alkanes) is 1. The minimum Gasteiger partial charge on any atom is -0.445 e. The van der Waals surface area contributed by atoms with Gasteiger partial charge in [-0.1, -0.05) is 60.7 Å². The molecule has 2 aromatic rings.